The molecule has 2 saturated heterocycles. The second-order valence-corrected chi connectivity index (χ2v) is 24.6. The highest BCUT2D eigenvalue weighted by atomic mass is 31.2. The van der Waals surface area contributed by atoms with Gasteiger partial charge in [0.25, 0.3) is 14.1 Å². The molecule has 9 atom stereocenters. The molecule has 0 amide bonds. The average molecular weight is 1340 g/mol. The van der Waals surface area contributed by atoms with Gasteiger partial charge in [-0.3, -0.25) is 14.3 Å². The first-order valence-electron chi connectivity index (χ1n) is 31.6. The lowest BCUT2D eigenvalue weighted by atomic mass is 9.80. The van der Waals surface area contributed by atoms with Gasteiger partial charge in [-0.1, -0.05) is 127 Å². The van der Waals surface area contributed by atoms with E-state index in [-0.39, 0.29) is 66.0 Å². The number of carbonyl (C=O) groups excluding carboxylic acids is 4. The lowest BCUT2D eigenvalue weighted by molar-refractivity contribution is -0.301. The summed E-state index contributed by atoms with van der Waals surface area (Å²) in [7, 11) is 1.24. The third-order valence-corrected chi connectivity index (χ3v) is 18.4. The number of nitriles is 1. The molecule has 97 heavy (non-hydrogen) atoms. The average Bonchev–Trinajstić information content (AvgIpc) is 1.38. The number of carbonyl (C=O) groups is 4. The van der Waals surface area contributed by atoms with Crippen LogP contribution < -0.4 is 20.7 Å². The third-order valence-electron chi connectivity index (χ3n) is 16.2. The fourth-order valence-corrected chi connectivity index (χ4v) is 13.3. The van der Waals surface area contributed by atoms with Gasteiger partial charge < -0.3 is 56.4 Å². The molecule has 10 rings (SSSR count). The van der Waals surface area contributed by atoms with Crippen molar-refractivity contribution in [1.29, 1.82) is 5.26 Å². The summed E-state index contributed by atoms with van der Waals surface area (Å²) in [6.07, 6.45) is -10.3. The van der Waals surface area contributed by atoms with Crippen LogP contribution in [0.15, 0.2) is 216 Å². The van der Waals surface area contributed by atoms with Gasteiger partial charge in [-0.05, 0) is 117 Å². The van der Waals surface area contributed by atoms with E-state index in [0.29, 0.717) is 11.5 Å². The fraction of sp³-hybridized carbons (Fsp3) is 0.311. The predicted molar refractivity (Wildman–Crippen MR) is 355 cm³/mol. The van der Waals surface area contributed by atoms with Gasteiger partial charge in [0.05, 0.1) is 80.5 Å². The van der Waals surface area contributed by atoms with E-state index >= 15 is 0 Å². The predicted octanol–water partition coefficient (Wildman–Crippen LogP) is 11.3. The van der Waals surface area contributed by atoms with Crippen molar-refractivity contribution in [3.63, 3.8) is 0 Å². The molecule has 0 saturated carbocycles. The summed E-state index contributed by atoms with van der Waals surface area (Å²) in [5, 5.41) is 9.65. The largest absolute Gasteiger partial charge is 0.497 e. The van der Waals surface area contributed by atoms with Crippen molar-refractivity contribution in [3.05, 3.63) is 272 Å². The van der Waals surface area contributed by atoms with E-state index in [9.17, 15) is 34.0 Å². The molecule has 1 unspecified atom stereocenters. The van der Waals surface area contributed by atoms with Gasteiger partial charge in [0.1, 0.15) is 42.1 Å². The third kappa shape index (κ3) is 17.1. The second kappa shape index (κ2) is 33.3. The monoisotopic (exact) mass is 1340 g/mol. The summed E-state index contributed by atoms with van der Waals surface area (Å²) < 4.78 is 80.1. The topological polar surface area (TPSA) is 261 Å². The lowest BCUT2D eigenvalue weighted by Gasteiger charge is -2.44. The van der Waals surface area contributed by atoms with Crippen molar-refractivity contribution in [1.82, 2.24) is 14.2 Å². The molecule has 2 aliphatic rings. The number of aromatic amines is 1. The highest BCUT2D eigenvalue weighted by Crippen LogP contribution is 2.51. The molecule has 0 bridgehead atoms. The van der Waals surface area contributed by atoms with Crippen LogP contribution >= 0.6 is 8.53 Å². The van der Waals surface area contributed by atoms with Crippen molar-refractivity contribution in [3.8, 4) is 17.6 Å². The molecular weight excluding hydrogens is 1260 g/mol. The minimum absolute atomic E-state index is 0.0155. The number of esters is 4. The van der Waals surface area contributed by atoms with Gasteiger partial charge in [0.2, 0.25) is 0 Å². The second-order valence-electron chi connectivity index (χ2n) is 23.2. The summed E-state index contributed by atoms with van der Waals surface area (Å²) in [4.78, 5) is 87.8. The van der Waals surface area contributed by atoms with Crippen LogP contribution in [0.4, 0.5) is 0 Å². The van der Waals surface area contributed by atoms with Crippen LogP contribution in [0.1, 0.15) is 110 Å². The van der Waals surface area contributed by atoms with Crippen LogP contribution in [0.25, 0.3) is 0 Å². The summed E-state index contributed by atoms with van der Waals surface area (Å²) in [6.45, 7) is 6.57. The maximum absolute atomic E-state index is 14.4. The number of methoxy groups -OCH3 is 2. The number of hydrogen-bond donors (Lipinski definition) is 1. The zero-order chi connectivity index (χ0) is 68.4. The van der Waals surface area contributed by atoms with E-state index in [1.807, 2.05) is 107 Å². The number of nitrogens with one attached hydrogen (secondary N) is 1. The van der Waals surface area contributed by atoms with Crippen LogP contribution in [-0.4, -0.2) is 127 Å². The summed E-state index contributed by atoms with van der Waals surface area (Å²) in [5.74, 6) is -2.35. The number of nitrogens with zero attached hydrogens (tertiary/aromatic N) is 3. The number of ether oxygens (including phenoxy) is 10. The normalized spacial score (nSPS) is 19.5. The number of hydrogen-bond acceptors (Lipinski definition) is 20. The molecule has 504 valence electrons. The van der Waals surface area contributed by atoms with Gasteiger partial charge >= 0.3 is 29.6 Å². The smallest absolute Gasteiger partial charge is 0.338 e. The Morgan fingerprint density at radius 3 is 1.55 bits per heavy atom. The molecule has 8 aromatic rings. The minimum atomic E-state index is -1.93. The minimum Gasteiger partial charge on any atom is -0.497 e. The van der Waals surface area contributed by atoms with Crippen molar-refractivity contribution in [2.75, 3.05) is 34.0 Å². The van der Waals surface area contributed by atoms with E-state index in [0.717, 1.165) is 16.7 Å². The van der Waals surface area contributed by atoms with E-state index in [4.69, 9.17) is 56.4 Å². The first-order chi connectivity index (χ1) is 47.1. The number of aromatic nitrogens is 2. The fourth-order valence-electron chi connectivity index (χ4n) is 11.5. The molecule has 2 fully saturated rings. The van der Waals surface area contributed by atoms with E-state index < -0.39 is 112 Å². The van der Waals surface area contributed by atoms with Crippen LogP contribution in [0, 0.1) is 11.3 Å². The molecule has 1 N–H and O–H groups in total. The maximum atomic E-state index is 14.4. The van der Waals surface area contributed by atoms with E-state index in [2.05, 4.69) is 15.7 Å². The van der Waals surface area contributed by atoms with Crippen LogP contribution in [0.5, 0.6) is 11.5 Å². The van der Waals surface area contributed by atoms with Gasteiger partial charge in [-0.25, -0.2) is 28.6 Å². The molecule has 0 aliphatic carbocycles. The number of benzene rings is 7. The first kappa shape index (κ1) is 70.1. The molecule has 3 heterocycles. The Labute approximate surface area is 562 Å². The quantitative estimate of drug-likeness (QED) is 0.0150. The Kier molecular flexibility index (Phi) is 24.1. The van der Waals surface area contributed by atoms with Gasteiger partial charge in [-0.2, -0.15) is 5.26 Å². The number of H-pyrrole nitrogens is 1. The standard InChI is InChI=1S/C74H75N4O18P/c1-48(2)78(49(3)4)97(90-42-22-41-75)96-60-43-63(91-61(60)47-89-74(55-31-20-11-21-32-55,56-33-37-58(85-5)38-34-56)57-35-39-59(86-6)40-36-57)77-44-54(67(79)76-73(77)84)45-88-72-66(95-71(83)53-29-18-10-19-30-53)65(94-70(82)52-27-16-9-17-28-52)64(93-69(81)51-25-14-8-15-26-51)62(92-72)46-87-68(80)50-23-12-7-13-24-50/h7-21,23-40,44,48-49,60-66,72H,22,42-43,45-47H2,1-6H3,(H,76,79,84)/t60-,61+,62+,63+,64+,65-,66+,72+,97?/m0/s1. The molecule has 23 heteroatoms. The van der Waals surface area contributed by atoms with Gasteiger partial charge in [0.15, 0.2) is 24.6 Å². The van der Waals surface area contributed by atoms with Crippen molar-refractivity contribution in [2.24, 2.45) is 0 Å². The molecule has 22 nitrogen and oxygen atoms in total. The maximum Gasteiger partial charge on any atom is 0.338 e. The summed E-state index contributed by atoms with van der Waals surface area (Å²) in [5.41, 5.74) is -0.657. The van der Waals surface area contributed by atoms with Crippen molar-refractivity contribution < 1.29 is 75.6 Å². The highest BCUT2D eigenvalue weighted by Gasteiger charge is 2.54. The van der Waals surface area contributed by atoms with Crippen molar-refractivity contribution >= 4 is 32.4 Å². The lowest BCUT2D eigenvalue weighted by Crippen LogP contribution is -2.63. The molecule has 0 radical (unpaired) electrons. The van der Waals surface area contributed by atoms with Gasteiger partial charge in [-0.15, -0.1) is 0 Å². The Hall–Kier alpha value is -9.66. The Balaban J connectivity index is 1.03. The Morgan fingerprint density at radius 1 is 0.598 bits per heavy atom. The molecular formula is C74H75N4O18P. The molecule has 1 aromatic heterocycles. The molecule has 7 aromatic carbocycles. The molecule has 2 aliphatic heterocycles. The first-order valence-corrected chi connectivity index (χ1v) is 32.7. The number of rotatable bonds is 29. The van der Waals surface area contributed by atoms with Crippen LogP contribution in [-0.2, 0) is 59.2 Å². The summed E-state index contributed by atoms with van der Waals surface area (Å²) in [6, 6.07) is 58.4. The van der Waals surface area contributed by atoms with E-state index in [1.54, 1.807) is 87.0 Å². The highest BCUT2D eigenvalue weighted by molar-refractivity contribution is 7.44. The molecule has 0 spiro atoms. The van der Waals surface area contributed by atoms with Crippen LogP contribution in [0.2, 0.25) is 0 Å². The zero-order valence-corrected chi connectivity index (χ0v) is 55.2. The zero-order valence-electron chi connectivity index (χ0n) is 54.3. The van der Waals surface area contributed by atoms with E-state index in [1.165, 1.54) is 59.3 Å². The van der Waals surface area contributed by atoms with Gasteiger partial charge in [0, 0.05) is 24.7 Å². The van der Waals surface area contributed by atoms with Crippen LogP contribution in [0.3, 0.4) is 0 Å². The van der Waals surface area contributed by atoms with Crippen molar-refractivity contribution in [2.45, 2.75) is 114 Å². The Morgan fingerprint density at radius 2 is 1.06 bits per heavy atom. The summed E-state index contributed by atoms with van der Waals surface area (Å²) >= 11 is 0. The Bertz CT molecular complexity index is 3990. The SMILES string of the molecule is COc1ccc(C(OC[C@H]2O[C@@H](n3cc(CO[C@@H]4O[C@H](COC(=O)c5ccccc5)[C@@H](OC(=O)c5ccccc5)[C@H](OC(=O)c5ccccc5)[C@H]4OC(=O)c4ccccc4)c(=O)[nH]c3=O)C[C@@H]2OP(OCCC#N)N(C(C)C)C(C)C)(c2ccccc2)c2ccc(OC)cc2)cc1.